The minimum Gasteiger partial charge on any atom is -0.449 e. The summed E-state index contributed by atoms with van der Waals surface area (Å²) in [5.41, 5.74) is 0.413. The first-order valence-electron chi connectivity index (χ1n) is 6.44. The third kappa shape index (κ3) is 5.93. The Labute approximate surface area is 123 Å². The maximum absolute atomic E-state index is 11.8. The lowest BCUT2D eigenvalue weighted by Gasteiger charge is -2.09. The maximum Gasteiger partial charge on any atom is 0.407 e. The van der Waals surface area contributed by atoms with Crippen LogP contribution < -0.4 is 10.6 Å². The number of ether oxygens (including phenoxy) is 1. The number of nitrogens with one attached hydrogen (secondary N) is 2. The Morgan fingerprint density at radius 3 is 2.50 bits per heavy atom. The molecule has 0 saturated carbocycles. The predicted octanol–water partition coefficient (Wildman–Crippen LogP) is 2.45. The minimum atomic E-state index is -0.481. The normalized spacial score (nSPS) is 10.2. The topological polar surface area (TPSA) is 67.4 Å². The largest absolute Gasteiger partial charge is 0.449 e. The van der Waals surface area contributed by atoms with Crippen LogP contribution in [0.4, 0.5) is 4.79 Å². The molecule has 1 aromatic rings. The summed E-state index contributed by atoms with van der Waals surface area (Å²) in [6.07, 6.45) is -0.481. The zero-order chi connectivity index (χ0) is 15.0. The van der Waals surface area contributed by atoms with Crippen molar-refractivity contribution < 1.29 is 14.3 Å². The summed E-state index contributed by atoms with van der Waals surface area (Å²) >= 11 is 5.90. The van der Waals surface area contributed by atoms with E-state index in [-0.39, 0.29) is 5.91 Å². The van der Waals surface area contributed by atoms with Gasteiger partial charge in [-0.05, 0) is 18.1 Å². The van der Waals surface area contributed by atoms with E-state index in [1.165, 1.54) is 0 Å². The van der Waals surface area contributed by atoms with Gasteiger partial charge in [0.15, 0.2) is 0 Å². The molecule has 0 fully saturated rings. The molecular formula is C14H19ClN2O3. The summed E-state index contributed by atoms with van der Waals surface area (Å²) in [5, 5.41) is 5.61. The number of alkyl carbamates (subject to hydrolysis) is 1. The SMILES string of the molecule is CC(C)COC(=O)NCCNC(=O)c1ccccc1Cl. The zero-order valence-electron chi connectivity index (χ0n) is 11.6. The number of rotatable bonds is 6. The van der Waals surface area contributed by atoms with Crippen molar-refractivity contribution in [3.8, 4) is 0 Å². The predicted molar refractivity (Wildman–Crippen MR) is 78.0 cm³/mol. The van der Waals surface area contributed by atoms with Crippen LogP contribution in [0.15, 0.2) is 24.3 Å². The Balaban J connectivity index is 2.23. The van der Waals surface area contributed by atoms with Crippen molar-refractivity contribution in [3.63, 3.8) is 0 Å². The Morgan fingerprint density at radius 2 is 1.85 bits per heavy atom. The van der Waals surface area contributed by atoms with Gasteiger partial charge < -0.3 is 15.4 Å². The Kier molecular flexibility index (Phi) is 6.87. The van der Waals surface area contributed by atoms with Crippen LogP contribution >= 0.6 is 11.6 Å². The van der Waals surface area contributed by atoms with Gasteiger partial charge in [-0.2, -0.15) is 0 Å². The van der Waals surface area contributed by atoms with Gasteiger partial charge in [-0.25, -0.2) is 4.79 Å². The van der Waals surface area contributed by atoms with E-state index in [4.69, 9.17) is 16.3 Å². The van der Waals surface area contributed by atoms with Gasteiger partial charge in [0.2, 0.25) is 0 Å². The monoisotopic (exact) mass is 298 g/mol. The fraction of sp³-hybridized carbons (Fsp3) is 0.429. The second kappa shape index (κ2) is 8.43. The Hall–Kier alpha value is -1.75. The van der Waals surface area contributed by atoms with Crippen molar-refractivity contribution in [1.29, 1.82) is 0 Å². The van der Waals surface area contributed by atoms with Crippen molar-refractivity contribution in [1.82, 2.24) is 10.6 Å². The van der Waals surface area contributed by atoms with Crippen molar-refractivity contribution in [2.45, 2.75) is 13.8 Å². The van der Waals surface area contributed by atoms with E-state index in [2.05, 4.69) is 10.6 Å². The van der Waals surface area contributed by atoms with Crippen molar-refractivity contribution in [3.05, 3.63) is 34.9 Å². The highest BCUT2D eigenvalue weighted by Gasteiger charge is 2.09. The summed E-state index contributed by atoms with van der Waals surface area (Å²) in [7, 11) is 0. The summed E-state index contributed by atoms with van der Waals surface area (Å²) in [5.74, 6) is 0.0219. The third-order valence-electron chi connectivity index (χ3n) is 2.35. The van der Waals surface area contributed by atoms with Gasteiger partial charge in [-0.3, -0.25) is 4.79 Å². The molecule has 20 heavy (non-hydrogen) atoms. The number of amides is 2. The highest BCUT2D eigenvalue weighted by atomic mass is 35.5. The molecular weight excluding hydrogens is 280 g/mol. The minimum absolute atomic E-state index is 0.270. The second-order valence-corrected chi connectivity index (χ2v) is 5.06. The molecule has 2 amide bonds. The lowest BCUT2D eigenvalue weighted by atomic mass is 10.2. The van der Waals surface area contributed by atoms with Gasteiger partial charge in [0, 0.05) is 13.1 Å². The molecule has 1 aromatic carbocycles. The van der Waals surface area contributed by atoms with Gasteiger partial charge >= 0.3 is 6.09 Å². The van der Waals surface area contributed by atoms with Gasteiger partial charge in [0.05, 0.1) is 17.2 Å². The van der Waals surface area contributed by atoms with Crippen LogP contribution in [0.25, 0.3) is 0 Å². The van der Waals surface area contributed by atoms with Gasteiger partial charge in [-0.1, -0.05) is 37.6 Å². The van der Waals surface area contributed by atoms with Gasteiger partial charge in [0.1, 0.15) is 0 Å². The standard InChI is InChI=1S/C14H19ClN2O3/c1-10(2)9-20-14(19)17-8-7-16-13(18)11-5-3-4-6-12(11)15/h3-6,10H,7-9H2,1-2H3,(H,16,18)(H,17,19). The summed E-state index contributed by atoms with van der Waals surface area (Å²) < 4.78 is 4.93. The lowest BCUT2D eigenvalue weighted by molar-refractivity contribution is 0.0951. The molecule has 0 unspecified atom stereocenters. The smallest absolute Gasteiger partial charge is 0.407 e. The molecule has 6 heteroatoms. The van der Waals surface area contributed by atoms with E-state index in [0.717, 1.165) is 0 Å². The lowest BCUT2D eigenvalue weighted by Crippen LogP contribution is -2.35. The number of hydrogen-bond donors (Lipinski definition) is 2. The highest BCUT2D eigenvalue weighted by molar-refractivity contribution is 6.33. The summed E-state index contributed by atoms with van der Waals surface area (Å²) in [6, 6.07) is 6.79. The first kappa shape index (κ1) is 16.3. The van der Waals surface area contributed by atoms with Crippen LogP contribution in [-0.4, -0.2) is 31.7 Å². The zero-order valence-corrected chi connectivity index (χ0v) is 12.4. The van der Waals surface area contributed by atoms with Crippen LogP contribution in [0.3, 0.4) is 0 Å². The van der Waals surface area contributed by atoms with E-state index in [1.807, 2.05) is 13.8 Å². The Morgan fingerprint density at radius 1 is 1.20 bits per heavy atom. The van der Waals surface area contributed by atoms with E-state index >= 15 is 0 Å². The van der Waals surface area contributed by atoms with E-state index in [0.29, 0.717) is 36.2 Å². The fourth-order valence-corrected chi connectivity index (χ4v) is 1.60. The summed E-state index contributed by atoms with van der Waals surface area (Å²) in [6.45, 7) is 4.89. The average molecular weight is 299 g/mol. The van der Waals surface area contributed by atoms with Crippen molar-refractivity contribution >= 4 is 23.6 Å². The molecule has 0 saturated heterocycles. The number of halogens is 1. The number of hydrogen-bond acceptors (Lipinski definition) is 3. The van der Waals surface area contributed by atoms with Crippen molar-refractivity contribution in [2.24, 2.45) is 5.92 Å². The van der Waals surface area contributed by atoms with Crippen LogP contribution in [-0.2, 0) is 4.74 Å². The molecule has 110 valence electrons. The van der Waals surface area contributed by atoms with Gasteiger partial charge in [-0.15, -0.1) is 0 Å². The molecule has 2 N–H and O–H groups in total. The molecule has 0 heterocycles. The highest BCUT2D eigenvalue weighted by Crippen LogP contribution is 2.14. The number of carbonyl (C=O) groups is 2. The number of benzene rings is 1. The molecule has 5 nitrogen and oxygen atoms in total. The molecule has 0 atom stereocenters. The number of carbonyl (C=O) groups excluding carboxylic acids is 2. The Bertz CT molecular complexity index is 463. The summed E-state index contributed by atoms with van der Waals surface area (Å²) in [4.78, 5) is 23.0. The molecule has 0 spiro atoms. The molecule has 1 rings (SSSR count). The quantitative estimate of drug-likeness (QED) is 0.793. The van der Waals surface area contributed by atoms with Crippen LogP contribution in [0.2, 0.25) is 5.02 Å². The van der Waals surface area contributed by atoms with Gasteiger partial charge in [0.25, 0.3) is 5.91 Å². The van der Waals surface area contributed by atoms with E-state index in [1.54, 1.807) is 24.3 Å². The molecule has 0 radical (unpaired) electrons. The molecule has 0 aromatic heterocycles. The van der Waals surface area contributed by atoms with E-state index in [9.17, 15) is 9.59 Å². The van der Waals surface area contributed by atoms with Crippen molar-refractivity contribution in [2.75, 3.05) is 19.7 Å². The first-order valence-corrected chi connectivity index (χ1v) is 6.82. The van der Waals surface area contributed by atoms with Crippen LogP contribution in [0, 0.1) is 5.92 Å². The third-order valence-corrected chi connectivity index (χ3v) is 2.68. The average Bonchev–Trinajstić information content (AvgIpc) is 2.41. The van der Waals surface area contributed by atoms with Crippen LogP contribution in [0.1, 0.15) is 24.2 Å². The second-order valence-electron chi connectivity index (χ2n) is 4.65. The maximum atomic E-state index is 11.8. The van der Waals surface area contributed by atoms with E-state index < -0.39 is 6.09 Å². The molecule has 0 aliphatic rings. The fourth-order valence-electron chi connectivity index (χ4n) is 1.37. The molecule has 0 aliphatic carbocycles. The molecule has 0 aliphatic heterocycles. The van der Waals surface area contributed by atoms with Crippen LogP contribution in [0.5, 0.6) is 0 Å². The molecule has 0 bridgehead atoms. The first-order chi connectivity index (χ1) is 9.50.